The van der Waals surface area contributed by atoms with Crippen molar-refractivity contribution in [3.63, 3.8) is 0 Å². The number of hydrogen-bond acceptors (Lipinski definition) is 10. The third-order valence-electron chi connectivity index (χ3n) is 11.1. The van der Waals surface area contributed by atoms with Crippen LogP contribution in [0.1, 0.15) is 84.0 Å². The summed E-state index contributed by atoms with van der Waals surface area (Å²) >= 11 is 0. The molecule has 42 heavy (non-hydrogen) atoms. The van der Waals surface area contributed by atoms with E-state index in [1.807, 2.05) is 0 Å². The van der Waals surface area contributed by atoms with Gasteiger partial charge in [-0.05, 0) is 62.2 Å². The van der Waals surface area contributed by atoms with Crippen LogP contribution in [0.15, 0.2) is 0 Å². The second kappa shape index (κ2) is 9.77. The zero-order valence-electron chi connectivity index (χ0n) is 23.7. The molecule has 8 saturated carbocycles. The lowest BCUT2D eigenvalue weighted by Gasteiger charge is -2.66. The summed E-state index contributed by atoms with van der Waals surface area (Å²) in [6.07, 6.45) is 5.82. The molecule has 0 spiro atoms. The number of halogens is 2. The predicted molar refractivity (Wildman–Crippen MR) is 139 cm³/mol. The first-order chi connectivity index (χ1) is 19.4. The van der Waals surface area contributed by atoms with Crippen molar-refractivity contribution in [2.24, 2.45) is 23.7 Å². The monoisotopic (exact) mass is 622 g/mol. The summed E-state index contributed by atoms with van der Waals surface area (Å²) in [6, 6.07) is 0. The van der Waals surface area contributed by atoms with E-state index < -0.39 is 56.3 Å². The van der Waals surface area contributed by atoms with Gasteiger partial charge in [0.15, 0.2) is 0 Å². The van der Waals surface area contributed by atoms with E-state index in [1.54, 1.807) is 0 Å². The van der Waals surface area contributed by atoms with Gasteiger partial charge in [0.25, 0.3) is 0 Å². The Bertz CT molecular complexity index is 1190. The van der Waals surface area contributed by atoms with Gasteiger partial charge in [0.2, 0.25) is 0 Å². The van der Waals surface area contributed by atoms with E-state index in [4.69, 9.17) is 23.5 Å². The molecule has 0 heterocycles. The van der Waals surface area contributed by atoms with Crippen LogP contribution in [0.5, 0.6) is 0 Å². The van der Waals surface area contributed by atoms with Crippen LogP contribution in [0.25, 0.3) is 0 Å². The minimum absolute atomic E-state index is 0.0172. The lowest BCUT2D eigenvalue weighted by atomic mass is 9.48. The number of alkyl halides is 2. The highest BCUT2D eigenvalue weighted by atomic mass is 32.2. The summed E-state index contributed by atoms with van der Waals surface area (Å²) in [5.41, 5.74) is -6.86. The van der Waals surface area contributed by atoms with Gasteiger partial charge in [-0.15, -0.1) is 0 Å². The van der Waals surface area contributed by atoms with Crippen LogP contribution < -0.4 is 0 Å². The maximum Gasteiger partial charge on any atom is 0.465 e. The first kappa shape index (κ1) is 30.6. The minimum Gasteiger partial charge on any atom is -0.462 e. The molecule has 0 aromatic heterocycles. The molecule has 8 aliphatic rings. The van der Waals surface area contributed by atoms with Crippen molar-refractivity contribution in [2.45, 2.75) is 117 Å². The van der Waals surface area contributed by atoms with Gasteiger partial charge in [-0.3, -0.25) is 4.55 Å². The topological polar surface area (TPSA) is 166 Å². The Morgan fingerprint density at radius 1 is 0.833 bits per heavy atom. The molecule has 14 heteroatoms. The second-order valence-electron chi connectivity index (χ2n) is 14.2. The highest BCUT2D eigenvalue weighted by Gasteiger charge is 2.71. The van der Waals surface area contributed by atoms with Crippen molar-refractivity contribution in [2.75, 3.05) is 19.8 Å². The Labute approximate surface area is 243 Å². The summed E-state index contributed by atoms with van der Waals surface area (Å²) in [5, 5.41) is 17.1. The van der Waals surface area contributed by atoms with Gasteiger partial charge >= 0.3 is 27.3 Å². The van der Waals surface area contributed by atoms with Crippen LogP contribution in [-0.4, -0.2) is 88.2 Å². The van der Waals surface area contributed by atoms with E-state index in [0.717, 1.165) is 18.3 Å². The maximum absolute atomic E-state index is 14.0. The Morgan fingerprint density at radius 3 is 1.90 bits per heavy atom. The molecule has 8 fully saturated rings. The second-order valence-corrected chi connectivity index (χ2v) is 15.7. The third kappa shape index (κ3) is 5.07. The van der Waals surface area contributed by atoms with Crippen LogP contribution in [0, 0.1) is 23.7 Å². The zero-order valence-corrected chi connectivity index (χ0v) is 24.5. The minimum atomic E-state index is -6.12. The quantitative estimate of drug-likeness (QED) is 0.176. The van der Waals surface area contributed by atoms with E-state index in [9.17, 15) is 37.0 Å². The van der Waals surface area contributed by atoms with Gasteiger partial charge in [0.1, 0.15) is 18.8 Å². The lowest BCUT2D eigenvalue weighted by molar-refractivity contribution is -0.312. The molecule has 8 aliphatic carbocycles. The van der Waals surface area contributed by atoms with Crippen LogP contribution in [-0.2, 0) is 38.7 Å². The van der Waals surface area contributed by atoms with Crippen LogP contribution in [0.3, 0.4) is 0 Å². The summed E-state index contributed by atoms with van der Waals surface area (Å²) < 4.78 is 81.6. The van der Waals surface area contributed by atoms with Crippen molar-refractivity contribution in [3.05, 3.63) is 0 Å². The zero-order chi connectivity index (χ0) is 30.4. The van der Waals surface area contributed by atoms with Crippen molar-refractivity contribution < 1.29 is 60.5 Å². The average molecular weight is 623 g/mol. The molecule has 0 amide bonds. The molecule has 0 radical (unpaired) electrons. The smallest absolute Gasteiger partial charge is 0.462 e. The Kier molecular flexibility index (Phi) is 7.11. The van der Waals surface area contributed by atoms with E-state index in [1.165, 1.54) is 32.1 Å². The summed E-state index contributed by atoms with van der Waals surface area (Å²) in [4.78, 5) is 24.8. The van der Waals surface area contributed by atoms with Gasteiger partial charge in [-0.25, -0.2) is 9.59 Å². The first-order valence-corrected chi connectivity index (χ1v) is 16.3. The largest absolute Gasteiger partial charge is 0.465 e. The summed E-state index contributed by atoms with van der Waals surface area (Å²) in [5.74, 6) is -0.569. The number of carbonyl (C=O) groups excluding carboxylic acids is 2. The number of hydrogen-bond donors (Lipinski definition) is 3. The van der Waals surface area contributed by atoms with E-state index in [0.29, 0.717) is 11.8 Å². The average Bonchev–Trinajstić information content (AvgIpc) is 2.83. The highest BCUT2D eigenvalue weighted by Crippen LogP contribution is 2.64. The molecule has 3 N–H and O–H groups in total. The number of ether oxygens (including phenoxy) is 4. The van der Waals surface area contributed by atoms with E-state index in [-0.39, 0.29) is 57.3 Å². The van der Waals surface area contributed by atoms with Gasteiger partial charge < -0.3 is 29.2 Å². The molecule has 0 aromatic rings. The van der Waals surface area contributed by atoms with Crippen LogP contribution >= 0.6 is 0 Å². The normalized spacial score (nSPS) is 45.3. The summed E-state index contributed by atoms with van der Waals surface area (Å²) in [6.45, 7) is 1.85. The molecular weight excluding hydrogens is 582 g/mol. The standard InChI is InChI=1S/C28H40F2O11S/c1-2-27(19-6-17-5-18(8-19)9-20(27)7-17)39-4-3-38-21(31)10-40-25-12-23(33)11-24(34,13-25)15-26(14-23,16-25)41-22(32)28(29,30)42(35,36)37/h17-20,33-34H,2-16H2,1H3,(H,35,36,37). The Morgan fingerprint density at radius 2 is 1.38 bits per heavy atom. The fourth-order valence-electron chi connectivity index (χ4n) is 10.5. The van der Waals surface area contributed by atoms with Gasteiger partial charge in [-0.2, -0.15) is 17.2 Å². The number of aliphatic hydroxyl groups is 2. The molecule has 11 nitrogen and oxygen atoms in total. The highest BCUT2D eigenvalue weighted by molar-refractivity contribution is 7.87. The van der Waals surface area contributed by atoms with E-state index in [2.05, 4.69) is 6.92 Å². The lowest BCUT2D eigenvalue weighted by Crippen LogP contribution is -2.73. The Hall–Kier alpha value is -1.45. The number of carbonyl (C=O) groups is 2. The fourth-order valence-corrected chi connectivity index (χ4v) is 10.8. The molecule has 238 valence electrons. The molecule has 2 atom stereocenters. The molecule has 0 aliphatic heterocycles. The summed E-state index contributed by atoms with van der Waals surface area (Å²) in [7, 11) is -6.12. The predicted octanol–water partition coefficient (Wildman–Crippen LogP) is 2.51. The van der Waals surface area contributed by atoms with Crippen molar-refractivity contribution in [1.29, 1.82) is 0 Å². The number of rotatable bonds is 11. The molecule has 8 rings (SSSR count). The van der Waals surface area contributed by atoms with Gasteiger partial charge in [-0.1, -0.05) is 6.92 Å². The molecular formula is C28H40F2O11S. The van der Waals surface area contributed by atoms with E-state index >= 15 is 0 Å². The molecule has 8 bridgehead atoms. The Balaban J connectivity index is 1.06. The third-order valence-corrected chi connectivity index (χ3v) is 11.9. The van der Waals surface area contributed by atoms with Gasteiger partial charge in [0, 0.05) is 38.5 Å². The fraction of sp³-hybridized carbons (Fsp3) is 0.929. The SMILES string of the molecule is CCC1(OCCOC(=O)COC23CC4(O)CC(O)(C2)CC(OC(=O)C(F)(F)S(=O)(=O)O)(C4)C3)C2CC3CC(C2)CC1C3. The van der Waals surface area contributed by atoms with Gasteiger partial charge in [0.05, 0.1) is 29.0 Å². The van der Waals surface area contributed by atoms with Crippen molar-refractivity contribution in [3.8, 4) is 0 Å². The molecule has 0 saturated heterocycles. The molecule has 2 unspecified atom stereocenters. The van der Waals surface area contributed by atoms with Crippen molar-refractivity contribution in [1.82, 2.24) is 0 Å². The van der Waals surface area contributed by atoms with Crippen LogP contribution in [0.2, 0.25) is 0 Å². The van der Waals surface area contributed by atoms with Crippen LogP contribution in [0.4, 0.5) is 8.78 Å². The maximum atomic E-state index is 14.0. The molecule has 0 aromatic carbocycles. The van der Waals surface area contributed by atoms with Crippen molar-refractivity contribution >= 4 is 22.1 Å². The number of esters is 2. The first-order valence-electron chi connectivity index (χ1n) is 14.9.